The first kappa shape index (κ1) is 14.8. The molecule has 1 unspecified atom stereocenters. The van der Waals surface area contributed by atoms with Crippen molar-refractivity contribution in [3.63, 3.8) is 0 Å². The molecule has 106 valence electrons. The maximum Gasteiger partial charge on any atom is 0.249 e. The van der Waals surface area contributed by atoms with Crippen LogP contribution in [0.4, 0.5) is 0 Å². The quantitative estimate of drug-likeness (QED) is 0.878. The van der Waals surface area contributed by atoms with Crippen molar-refractivity contribution in [2.75, 3.05) is 6.54 Å². The highest BCUT2D eigenvalue weighted by Gasteiger charge is 2.31. The highest BCUT2D eigenvalue weighted by atomic mass is 35.5. The van der Waals surface area contributed by atoms with Crippen LogP contribution in [0.3, 0.4) is 0 Å². The van der Waals surface area contributed by atoms with Gasteiger partial charge in [-0.05, 0) is 31.4 Å². The van der Waals surface area contributed by atoms with E-state index in [9.17, 15) is 4.79 Å². The number of hydrogen-bond donors (Lipinski definition) is 2. The summed E-state index contributed by atoms with van der Waals surface area (Å²) in [5, 5.41) is 3.03. The fourth-order valence-electron chi connectivity index (χ4n) is 2.23. The molecule has 4 nitrogen and oxygen atoms in total. The van der Waals surface area contributed by atoms with Crippen LogP contribution in [0.2, 0.25) is 4.34 Å². The predicted molar refractivity (Wildman–Crippen MR) is 77.5 cm³/mol. The molecule has 1 aromatic rings. The molecule has 0 bridgehead atoms. The zero-order valence-electron chi connectivity index (χ0n) is 10.9. The predicted octanol–water partition coefficient (Wildman–Crippen LogP) is 2.48. The third-order valence-electron chi connectivity index (χ3n) is 3.33. The van der Waals surface area contributed by atoms with E-state index in [4.69, 9.17) is 22.1 Å². The van der Waals surface area contributed by atoms with Crippen molar-refractivity contribution < 1.29 is 9.53 Å². The van der Waals surface area contributed by atoms with Gasteiger partial charge in [0.25, 0.3) is 0 Å². The molecule has 19 heavy (non-hydrogen) atoms. The molecule has 0 aromatic carbocycles. The van der Waals surface area contributed by atoms with E-state index >= 15 is 0 Å². The van der Waals surface area contributed by atoms with Crippen molar-refractivity contribution in [2.24, 2.45) is 5.73 Å². The SMILES string of the molecule is CCC(NC(=O)[C@@H]1CC[C@H](CN)O1)c1ccc(Cl)s1. The molecule has 3 atom stereocenters. The summed E-state index contributed by atoms with van der Waals surface area (Å²) < 4.78 is 6.34. The van der Waals surface area contributed by atoms with Gasteiger partial charge in [-0.1, -0.05) is 18.5 Å². The number of nitrogens with two attached hydrogens (primary N) is 1. The highest BCUT2D eigenvalue weighted by molar-refractivity contribution is 7.16. The molecular formula is C13H19ClN2O2S. The van der Waals surface area contributed by atoms with E-state index in [0.29, 0.717) is 6.54 Å². The molecule has 1 aliphatic heterocycles. The van der Waals surface area contributed by atoms with Crippen molar-refractivity contribution in [3.05, 3.63) is 21.3 Å². The monoisotopic (exact) mass is 302 g/mol. The van der Waals surface area contributed by atoms with E-state index < -0.39 is 0 Å². The Morgan fingerprint density at radius 3 is 2.95 bits per heavy atom. The second-order valence-electron chi connectivity index (χ2n) is 4.67. The van der Waals surface area contributed by atoms with Crippen LogP contribution in [0, 0.1) is 0 Å². The summed E-state index contributed by atoms with van der Waals surface area (Å²) in [6.07, 6.45) is 2.09. The Morgan fingerprint density at radius 2 is 2.42 bits per heavy atom. The maximum atomic E-state index is 12.2. The Hall–Kier alpha value is -0.620. The van der Waals surface area contributed by atoms with Crippen LogP contribution in [0.5, 0.6) is 0 Å². The molecule has 0 spiro atoms. The van der Waals surface area contributed by atoms with Crippen molar-refractivity contribution >= 4 is 28.8 Å². The fraction of sp³-hybridized carbons (Fsp3) is 0.615. The molecule has 0 aliphatic carbocycles. The first-order valence-corrected chi connectivity index (χ1v) is 7.74. The van der Waals surface area contributed by atoms with E-state index in [-0.39, 0.29) is 24.2 Å². The van der Waals surface area contributed by atoms with Gasteiger partial charge in [0, 0.05) is 11.4 Å². The second-order valence-corrected chi connectivity index (χ2v) is 6.42. The van der Waals surface area contributed by atoms with Gasteiger partial charge < -0.3 is 15.8 Å². The molecule has 0 saturated carbocycles. The number of amides is 1. The fourth-order valence-corrected chi connectivity index (χ4v) is 3.42. The van der Waals surface area contributed by atoms with Gasteiger partial charge >= 0.3 is 0 Å². The normalized spacial score (nSPS) is 24.4. The summed E-state index contributed by atoms with van der Waals surface area (Å²) in [6.45, 7) is 2.51. The van der Waals surface area contributed by atoms with Crippen molar-refractivity contribution in [3.8, 4) is 0 Å². The standard InChI is InChI=1S/C13H19ClN2O2S/c1-2-9(11-5-6-12(14)19-11)16-13(17)10-4-3-8(7-15)18-10/h5-6,8-10H,2-4,7,15H2,1H3,(H,16,17)/t8-,9?,10+/m1/s1. The Morgan fingerprint density at radius 1 is 1.63 bits per heavy atom. The van der Waals surface area contributed by atoms with Gasteiger partial charge in [-0.3, -0.25) is 4.79 Å². The van der Waals surface area contributed by atoms with Crippen molar-refractivity contribution in [1.82, 2.24) is 5.32 Å². The number of halogens is 1. The average Bonchev–Trinajstić information content (AvgIpc) is 3.04. The molecular weight excluding hydrogens is 284 g/mol. The number of thiophene rings is 1. The smallest absolute Gasteiger partial charge is 0.249 e. The van der Waals surface area contributed by atoms with E-state index in [1.54, 1.807) is 0 Å². The van der Waals surface area contributed by atoms with Gasteiger partial charge in [0.2, 0.25) is 5.91 Å². The molecule has 1 aromatic heterocycles. The van der Waals surface area contributed by atoms with Gasteiger partial charge in [-0.2, -0.15) is 0 Å². The molecule has 1 fully saturated rings. The van der Waals surface area contributed by atoms with Crippen LogP contribution < -0.4 is 11.1 Å². The molecule has 1 saturated heterocycles. The second kappa shape index (κ2) is 6.70. The van der Waals surface area contributed by atoms with Gasteiger partial charge in [0.15, 0.2) is 0 Å². The van der Waals surface area contributed by atoms with E-state index in [0.717, 1.165) is 28.5 Å². The first-order valence-electron chi connectivity index (χ1n) is 6.55. The maximum absolute atomic E-state index is 12.2. The van der Waals surface area contributed by atoms with E-state index in [1.165, 1.54) is 11.3 Å². The van der Waals surface area contributed by atoms with Gasteiger partial charge in [0.1, 0.15) is 6.10 Å². The minimum absolute atomic E-state index is 0.00512. The number of nitrogens with one attached hydrogen (secondary N) is 1. The lowest BCUT2D eigenvalue weighted by Gasteiger charge is -2.18. The number of carbonyl (C=O) groups is 1. The van der Waals surface area contributed by atoms with Crippen LogP contribution >= 0.6 is 22.9 Å². The summed E-state index contributed by atoms with van der Waals surface area (Å²) in [7, 11) is 0. The molecule has 1 amide bonds. The third kappa shape index (κ3) is 3.69. The summed E-state index contributed by atoms with van der Waals surface area (Å²) in [5.74, 6) is -0.0488. The zero-order valence-corrected chi connectivity index (χ0v) is 12.5. The summed E-state index contributed by atoms with van der Waals surface area (Å²) in [4.78, 5) is 13.2. The summed E-state index contributed by atoms with van der Waals surface area (Å²) >= 11 is 7.43. The lowest BCUT2D eigenvalue weighted by Crippen LogP contribution is -2.37. The number of ether oxygens (including phenoxy) is 1. The zero-order chi connectivity index (χ0) is 13.8. The Kier molecular flexibility index (Phi) is 5.21. The molecule has 2 rings (SSSR count). The third-order valence-corrected chi connectivity index (χ3v) is 4.67. The first-order chi connectivity index (χ1) is 9.13. The highest BCUT2D eigenvalue weighted by Crippen LogP contribution is 2.29. The Balaban J connectivity index is 1.93. The van der Waals surface area contributed by atoms with Gasteiger partial charge in [0.05, 0.1) is 16.5 Å². The van der Waals surface area contributed by atoms with Crippen LogP contribution in [0.1, 0.15) is 37.1 Å². The van der Waals surface area contributed by atoms with Crippen LogP contribution in [-0.2, 0) is 9.53 Å². The largest absolute Gasteiger partial charge is 0.364 e. The van der Waals surface area contributed by atoms with Gasteiger partial charge in [-0.15, -0.1) is 11.3 Å². The van der Waals surface area contributed by atoms with Crippen LogP contribution in [0.15, 0.2) is 12.1 Å². The van der Waals surface area contributed by atoms with Crippen LogP contribution in [0.25, 0.3) is 0 Å². The molecule has 2 heterocycles. The van der Waals surface area contributed by atoms with E-state index in [1.807, 2.05) is 19.1 Å². The number of carbonyl (C=O) groups excluding carboxylic acids is 1. The van der Waals surface area contributed by atoms with Crippen molar-refractivity contribution in [2.45, 2.75) is 44.4 Å². The average molecular weight is 303 g/mol. The lowest BCUT2D eigenvalue weighted by molar-refractivity contribution is -0.132. The minimum Gasteiger partial charge on any atom is -0.364 e. The summed E-state index contributed by atoms with van der Waals surface area (Å²) in [5.41, 5.74) is 5.55. The topological polar surface area (TPSA) is 64.4 Å². The Labute approximate surface area is 122 Å². The van der Waals surface area contributed by atoms with Crippen LogP contribution in [-0.4, -0.2) is 24.7 Å². The molecule has 3 N–H and O–H groups in total. The van der Waals surface area contributed by atoms with Gasteiger partial charge in [-0.25, -0.2) is 0 Å². The van der Waals surface area contributed by atoms with E-state index in [2.05, 4.69) is 5.32 Å². The number of rotatable bonds is 5. The lowest BCUT2D eigenvalue weighted by atomic mass is 10.1. The summed E-state index contributed by atoms with van der Waals surface area (Å²) in [6, 6.07) is 3.82. The molecule has 1 aliphatic rings. The van der Waals surface area contributed by atoms with Crippen molar-refractivity contribution in [1.29, 1.82) is 0 Å². The molecule has 0 radical (unpaired) electrons. The Bertz CT molecular complexity index is 438. The number of hydrogen-bond acceptors (Lipinski definition) is 4. The molecule has 6 heteroatoms. The minimum atomic E-state index is -0.363.